The summed E-state index contributed by atoms with van der Waals surface area (Å²) in [5.41, 5.74) is 9.91. The van der Waals surface area contributed by atoms with Gasteiger partial charge >= 0.3 is 0 Å². The molecule has 1 atom stereocenters. The molecular formula is C13H21N. The smallest absolute Gasteiger partial charge is 0.0404 e. The van der Waals surface area contributed by atoms with E-state index in [2.05, 4.69) is 52.8 Å². The van der Waals surface area contributed by atoms with Gasteiger partial charge in [-0.25, -0.2) is 0 Å². The maximum absolute atomic E-state index is 6.32. The van der Waals surface area contributed by atoms with Gasteiger partial charge in [-0.3, -0.25) is 0 Å². The fourth-order valence-electron chi connectivity index (χ4n) is 1.62. The second-order valence-corrected chi connectivity index (χ2v) is 4.81. The van der Waals surface area contributed by atoms with Crippen LogP contribution in [-0.2, 0) is 5.54 Å². The van der Waals surface area contributed by atoms with E-state index in [1.165, 1.54) is 16.7 Å². The normalized spacial score (nSPS) is 15.6. The third-order valence-electron chi connectivity index (χ3n) is 3.04. The van der Waals surface area contributed by atoms with Crippen molar-refractivity contribution in [2.75, 3.05) is 0 Å². The van der Waals surface area contributed by atoms with Crippen molar-refractivity contribution in [1.82, 2.24) is 0 Å². The zero-order valence-corrected chi connectivity index (χ0v) is 9.89. The topological polar surface area (TPSA) is 26.0 Å². The van der Waals surface area contributed by atoms with Crippen molar-refractivity contribution in [2.45, 2.75) is 40.2 Å². The SMILES string of the molecule is Cc1cc(C)cc(C(C)(N)C(C)C)c1. The van der Waals surface area contributed by atoms with Crippen LogP contribution in [0.1, 0.15) is 37.5 Å². The van der Waals surface area contributed by atoms with Crippen molar-refractivity contribution in [3.8, 4) is 0 Å². The first-order chi connectivity index (χ1) is 6.34. The highest BCUT2D eigenvalue weighted by atomic mass is 14.7. The molecule has 78 valence electrons. The summed E-state index contributed by atoms with van der Waals surface area (Å²) in [6, 6.07) is 6.56. The lowest BCUT2D eigenvalue weighted by atomic mass is 9.81. The quantitative estimate of drug-likeness (QED) is 0.763. The van der Waals surface area contributed by atoms with Gasteiger partial charge in [0.1, 0.15) is 0 Å². The van der Waals surface area contributed by atoms with E-state index in [0.29, 0.717) is 5.92 Å². The van der Waals surface area contributed by atoms with Crippen LogP contribution >= 0.6 is 0 Å². The first-order valence-electron chi connectivity index (χ1n) is 5.21. The lowest BCUT2D eigenvalue weighted by Gasteiger charge is -2.30. The maximum Gasteiger partial charge on any atom is 0.0404 e. The van der Waals surface area contributed by atoms with E-state index in [9.17, 15) is 0 Å². The molecule has 0 fully saturated rings. The number of benzene rings is 1. The molecule has 0 spiro atoms. The van der Waals surface area contributed by atoms with Gasteiger partial charge in [0, 0.05) is 5.54 Å². The van der Waals surface area contributed by atoms with Gasteiger partial charge in [0.15, 0.2) is 0 Å². The van der Waals surface area contributed by atoms with Crippen molar-refractivity contribution in [3.05, 3.63) is 34.9 Å². The molecule has 1 unspecified atom stereocenters. The molecule has 14 heavy (non-hydrogen) atoms. The van der Waals surface area contributed by atoms with Crippen molar-refractivity contribution in [3.63, 3.8) is 0 Å². The Hall–Kier alpha value is -0.820. The van der Waals surface area contributed by atoms with Crippen molar-refractivity contribution < 1.29 is 0 Å². The highest BCUT2D eigenvalue weighted by Gasteiger charge is 2.25. The summed E-state index contributed by atoms with van der Waals surface area (Å²) in [4.78, 5) is 0. The predicted octanol–water partition coefficient (Wildman–Crippen LogP) is 3.13. The zero-order chi connectivity index (χ0) is 10.9. The molecule has 0 aromatic heterocycles. The third kappa shape index (κ3) is 2.16. The van der Waals surface area contributed by atoms with E-state index >= 15 is 0 Å². The molecule has 0 amide bonds. The van der Waals surface area contributed by atoms with E-state index in [1.54, 1.807) is 0 Å². The Morgan fingerprint density at radius 2 is 1.50 bits per heavy atom. The van der Waals surface area contributed by atoms with Crippen molar-refractivity contribution in [1.29, 1.82) is 0 Å². The number of aryl methyl sites for hydroxylation is 2. The molecular weight excluding hydrogens is 170 g/mol. The summed E-state index contributed by atoms with van der Waals surface area (Å²) < 4.78 is 0. The lowest BCUT2D eigenvalue weighted by Crippen LogP contribution is -2.38. The minimum atomic E-state index is -0.225. The molecule has 0 saturated heterocycles. The number of hydrogen-bond acceptors (Lipinski definition) is 1. The molecule has 1 rings (SSSR count). The Labute approximate surface area is 87.3 Å². The molecule has 0 heterocycles. The molecule has 2 N–H and O–H groups in total. The van der Waals surface area contributed by atoms with E-state index in [0.717, 1.165) is 0 Å². The van der Waals surface area contributed by atoms with Crippen LogP contribution in [0.5, 0.6) is 0 Å². The number of rotatable bonds is 2. The molecule has 1 aromatic carbocycles. The number of nitrogens with two attached hydrogens (primary N) is 1. The van der Waals surface area contributed by atoms with Crippen LogP contribution in [0.25, 0.3) is 0 Å². The molecule has 0 saturated carbocycles. The minimum Gasteiger partial charge on any atom is -0.321 e. The monoisotopic (exact) mass is 191 g/mol. The summed E-state index contributed by atoms with van der Waals surface area (Å²) in [7, 11) is 0. The van der Waals surface area contributed by atoms with E-state index < -0.39 is 0 Å². The van der Waals surface area contributed by atoms with Gasteiger partial charge in [-0.2, -0.15) is 0 Å². The van der Waals surface area contributed by atoms with E-state index in [4.69, 9.17) is 5.73 Å². The Morgan fingerprint density at radius 1 is 1.07 bits per heavy atom. The van der Waals surface area contributed by atoms with Crippen LogP contribution in [0, 0.1) is 19.8 Å². The van der Waals surface area contributed by atoms with Crippen LogP contribution in [0.15, 0.2) is 18.2 Å². The molecule has 0 bridgehead atoms. The van der Waals surface area contributed by atoms with Gasteiger partial charge < -0.3 is 5.73 Å². The Balaban J connectivity index is 3.18. The summed E-state index contributed by atoms with van der Waals surface area (Å²) >= 11 is 0. The molecule has 0 aliphatic rings. The van der Waals surface area contributed by atoms with Crippen LogP contribution < -0.4 is 5.73 Å². The predicted molar refractivity (Wildman–Crippen MR) is 62.3 cm³/mol. The van der Waals surface area contributed by atoms with Crippen LogP contribution in [-0.4, -0.2) is 0 Å². The second-order valence-electron chi connectivity index (χ2n) is 4.81. The van der Waals surface area contributed by atoms with Crippen molar-refractivity contribution in [2.24, 2.45) is 11.7 Å². The maximum atomic E-state index is 6.32. The van der Waals surface area contributed by atoms with E-state index in [1.807, 2.05) is 0 Å². The summed E-state index contributed by atoms with van der Waals surface area (Å²) in [6.45, 7) is 10.7. The Bertz CT molecular complexity index is 304. The first kappa shape index (κ1) is 11.3. The summed E-state index contributed by atoms with van der Waals surface area (Å²) in [5, 5.41) is 0. The average Bonchev–Trinajstić information content (AvgIpc) is 2.01. The molecule has 1 aromatic rings. The average molecular weight is 191 g/mol. The minimum absolute atomic E-state index is 0.225. The lowest BCUT2D eigenvalue weighted by molar-refractivity contribution is 0.350. The Kier molecular flexibility index (Phi) is 3.01. The zero-order valence-electron chi connectivity index (χ0n) is 9.89. The molecule has 0 aliphatic heterocycles. The highest BCUT2D eigenvalue weighted by Crippen LogP contribution is 2.27. The van der Waals surface area contributed by atoms with Gasteiger partial charge in [0.2, 0.25) is 0 Å². The number of hydrogen-bond donors (Lipinski definition) is 1. The molecule has 0 radical (unpaired) electrons. The van der Waals surface area contributed by atoms with Gasteiger partial charge in [0.25, 0.3) is 0 Å². The van der Waals surface area contributed by atoms with Gasteiger partial charge in [0.05, 0.1) is 0 Å². The standard InChI is InChI=1S/C13H21N/c1-9(2)13(5,14)12-7-10(3)6-11(4)8-12/h6-9H,14H2,1-5H3. The van der Waals surface area contributed by atoms with Crippen LogP contribution in [0.2, 0.25) is 0 Å². The van der Waals surface area contributed by atoms with Gasteiger partial charge in [-0.05, 0) is 32.3 Å². The fourth-order valence-corrected chi connectivity index (χ4v) is 1.62. The highest BCUT2D eigenvalue weighted by molar-refractivity contribution is 5.33. The molecule has 1 nitrogen and oxygen atoms in total. The van der Waals surface area contributed by atoms with Gasteiger partial charge in [-0.15, -0.1) is 0 Å². The van der Waals surface area contributed by atoms with Crippen molar-refractivity contribution >= 4 is 0 Å². The van der Waals surface area contributed by atoms with E-state index in [-0.39, 0.29) is 5.54 Å². The van der Waals surface area contributed by atoms with Gasteiger partial charge in [-0.1, -0.05) is 43.2 Å². The Morgan fingerprint density at radius 3 is 1.86 bits per heavy atom. The summed E-state index contributed by atoms with van der Waals surface area (Å²) in [5.74, 6) is 0.448. The fraction of sp³-hybridized carbons (Fsp3) is 0.538. The largest absolute Gasteiger partial charge is 0.321 e. The molecule has 1 heteroatoms. The second kappa shape index (κ2) is 3.74. The first-order valence-corrected chi connectivity index (χ1v) is 5.21. The van der Waals surface area contributed by atoms with Crippen LogP contribution in [0.3, 0.4) is 0 Å². The summed E-state index contributed by atoms with van der Waals surface area (Å²) in [6.07, 6.45) is 0. The molecule has 0 aliphatic carbocycles. The van der Waals surface area contributed by atoms with Crippen LogP contribution in [0.4, 0.5) is 0 Å². The third-order valence-corrected chi connectivity index (χ3v) is 3.04.